The van der Waals surface area contributed by atoms with Crippen molar-refractivity contribution in [3.8, 4) is 5.75 Å². The largest absolute Gasteiger partial charge is 0.493 e. The van der Waals surface area contributed by atoms with Crippen LogP contribution in [0.4, 0.5) is 0 Å². The molecule has 1 unspecified atom stereocenters. The Morgan fingerprint density at radius 1 is 1.38 bits per heavy atom. The van der Waals surface area contributed by atoms with Crippen molar-refractivity contribution in [1.82, 2.24) is 0 Å². The molecule has 1 aromatic carbocycles. The van der Waals surface area contributed by atoms with Crippen molar-refractivity contribution in [2.24, 2.45) is 0 Å². The van der Waals surface area contributed by atoms with E-state index in [0.717, 1.165) is 11.1 Å². The van der Waals surface area contributed by atoms with Crippen molar-refractivity contribution in [3.63, 3.8) is 0 Å². The van der Waals surface area contributed by atoms with E-state index in [4.69, 9.17) is 16.3 Å². The molecule has 0 bridgehead atoms. The summed E-state index contributed by atoms with van der Waals surface area (Å²) in [7, 11) is 0. The zero-order chi connectivity index (χ0) is 12.3. The van der Waals surface area contributed by atoms with Gasteiger partial charge in [-0.3, -0.25) is 4.79 Å². The van der Waals surface area contributed by atoms with Crippen LogP contribution in [0.1, 0.15) is 35.3 Å². The van der Waals surface area contributed by atoms with Crippen LogP contribution in [0.5, 0.6) is 5.75 Å². The van der Waals surface area contributed by atoms with Gasteiger partial charge in [-0.15, -0.1) is 11.6 Å². The average molecular weight is 241 g/mol. The zero-order valence-electron chi connectivity index (χ0n) is 10.1. The third-order valence-corrected chi connectivity index (χ3v) is 2.72. The summed E-state index contributed by atoms with van der Waals surface area (Å²) in [4.78, 5) is 11.9. The lowest BCUT2D eigenvalue weighted by Crippen LogP contribution is -2.13. The molecule has 0 amide bonds. The van der Waals surface area contributed by atoms with E-state index in [2.05, 4.69) is 0 Å². The Morgan fingerprint density at radius 2 is 1.94 bits per heavy atom. The normalized spacial score (nSPS) is 12.3. The fourth-order valence-electron chi connectivity index (χ4n) is 1.47. The summed E-state index contributed by atoms with van der Waals surface area (Å²) in [6.45, 7) is 8.08. The summed E-state index contributed by atoms with van der Waals surface area (Å²) < 4.78 is 5.46. The molecule has 0 aliphatic carbocycles. The number of carbonyl (C=O) groups excluding carboxylic acids is 1. The highest BCUT2D eigenvalue weighted by Crippen LogP contribution is 2.25. The van der Waals surface area contributed by atoms with Gasteiger partial charge in [-0.05, 0) is 51.0 Å². The van der Waals surface area contributed by atoms with E-state index in [1.165, 1.54) is 0 Å². The number of aryl methyl sites for hydroxylation is 2. The van der Waals surface area contributed by atoms with Gasteiger partial charge < -0.3 is 4.74 Å². The minimum absolute atomic E-state index is 0.0896. The van der Waals surface area contributed by atoms with Gasteiger partial charge in [0, 0.05) is 0 Å². The smallest absolute Gasteiger partial charge is 0.184 e. The van der Waals surface area contributed by atoms with E-state index in [1.807, 2.05) is 32.9 Å². The SMILES string of the molecule is CCOc1cc(C)c(C)cc1C(=O)C(C)Cl. The second kappa shape index (κ2) is 5.35. The second-order valence-electron chi connectivity index (χ2n) is 3.85. The van der Waals surface area contributed by atoms with E-state index >= 15 is 0 Å². The molecule has 0 spiro atoms. The number of alkyl halides is 1. The molecule has 1 atom stereocenters. The predicted octanol–water partition coefficient (Wildman–Crippen LogP) is 3.51. The van der Waals surface area contributed by atoms with Crippen LogP contribution in [-0.2, 0) is 0 Å². The number of hydrogen-bond acceptors (Lipinski definition) is 2. The number of ether oxygens (including phenoxy) is 1. The van der Waals surface area contributed by atoms with E-state index in [9.17, 15) is 4.79 Å². The number of ketones is 1. The van der Waals surface area contributed by atoms with E-state index in [1.54, 1.807) is 6.92 Å². The van der Waals surface area contributed by atoms with Crippen LogP contribution in [0.3, 0.4) is 0 Å². The van der Waals surface area contributed by atoms with Crippen LogP contribution >= 0.6 is 11.6 Å². The molecule has 0 N–H and O–H groups in total. The van der Waals surface area contributed by atoms with Gasteiger partial charge in [0.1, 0.15) is 5.75 Å². The minimum atomic E-state index is -0.527. The predicted molar refractivity (Wildman–Crippen MR) is 66.7 cm³/mol. The molecule has 3 heteroatoms. The van der Waals surface area contributed by atoms with Crippen LogP contribution in [0.25, 0.3) is 0 Å². The van der Waals surface area contributed by atoms with Crippen LogP contribution in [0, 0.1) is 13.8 Å². The standard InChI is InChI=1S/C13H17ClO2/c1-5-16-12-7-9(3)8(2)6-11(12)13(15)10(4)14/h6-7,10H,5H2,1-4H3. The third kappa shape index (κ3) is 2.76. The fourth-order valence-corrected chi connectivity index (χ4v) is 1.59. The number of halogens is 1. The lowest BCUT2D eigenvalue weighted by Gasteiger charge is -2.13. The van der Waals surface area contributed by atoms with Gasteiger partial charge in [0.05, 0.1) is 17.5 Å². The monoisotopic (exact) mass is 240 g/mol. The molecule has 0 saturated carbocycles. The lowest BCUT2D eigenvalue weighted by atomic mass is 10.0. The van der Waals surface area contributed by atoms with Gasteiger partial charge in [0.2, 0.25) is 0 Å². The first-order chi connectivity index (χ1) is 7.47. The molecule has 0 heterocycles. The summed E-state index contributed by atoms with van der Waals surface area (Å²) in [5.74, 6) is 0.538. The van der Waals surface area contributed by atoms with Crippen LogP contribution < -0.4 is 4.74 Å². The first kappa shape index (κ1) is 13.0. The van der Waals surface area contributed by atoms with E-state index < -0.39 is 5.38 Å². The molecule has 0 saturated heterocycles. The molecule has 0 aliphatic heterocycles. The van der Waals surface area contributed by atoms with Gasteiger partial charge in [0.15, 0.2) is 5.78 Å². The highest BCUT2D eigenvalue weighted by atomic mass is 35.5. The Bertz CT molecular complexity index is 397. The van der Waals surface area contributed by atoms with Crippen LogP contribution in [0.15, 0.2) is 12.1 Å². The van der Waals surface area contributed by atoms with Crippen molar-refractivity contribution in [1.29, 1.82) is 0 Å². The molecule has 1 aromatic rings. The van der Waals surface area contributed by atoms with Crippen LogP contribution in [-0.4, -0.2) is 17.8 Å². The Kier molecular flexibility index (Phi) is 4.36. The van der Waals surface area contributed by atoms with E-state index in [-0.39, 0.29) is 5.78 Å². The Morgan fingerprint density at radius 3 is 2.44 bits per heavy atom. The number of Topliss-reactive ketones (excluding diaryl/α,β-unsaturated/α-hetero) is 1. The summed E-state index contributed by atoms with van der Waals surface area (Å²) >= 11 is 5.82. The molecule has 0 aliphatic rings. The third-order valence-electron chi connectivity index (χ3n) is 2.52. The number of carbonyl (C=O) groups is 1. The van der Waals surface area contributed by atoms with Crippen molar-refractivity contribution >= 4 is 17.4 Å². The minimum Gasteiger partial charge on any atom is -0.493 e. The van der Waals surface area contributed by atoms with Gasteiger partial charge in [-0.25, -0.2) is 0 Å². The number of rotatable bonds is 4. The number of benzene rings is 1. The van der Waals surface area contributed by atoms with Crippen molar-refractivity contribution in [2.75, 3.05) is 6.61 Å². The molecule has 2 nitrogen and oxygen atoms in total. The summed E-state index contributed by atoms with van der Waals surface area (Å²) in [6, 6.07) is 3.74. The molecule has 0 radical (unpaired) electrons. The lowest BCUT2D eigenvalue weighted by molar-refractivity contribution is 0.0988. The topological polar surface area (TPSA) is 26.3 Å². The molecule has 88 valence electrons. The van der Waals surface area contributed by atoms with Gasteiger partial charge in [-0.1, -0.05) is 0 Å². The van der Waals surface area contributed by atoms with Crippen molar-refractivity contribution in [3.05, 3.63) is 28.8 Å². The second-order valence-corrected chi connectivity index (χ2v) is 4.50. The fraction of sp³-hybridized carbons (Fsp3) is 0.462. The van der Waals surface area contributed by atoms with E-state index in [0.29, 0.717) is 17.9 Å². The van der Waals surface area contributed by atoms with Crippen molar-refractivity contribution < 1.29 is 9.53 Å². The molecule has 16 heavy (non-hydrogen) atoms. The molecular formula is C13H17ClO2. The first-order valence-corrected chi connectivity index (χ1v) is 5.83. The summed E-state index contributed by atoms with van der Waals surface area (Å²) in [6.07, 6.45) is 0. The van der Waals surface area contributed by atoms with Gasteiger partial charge in [-0.2, -0.15) is 0 Å². The molecule has 0 fully saturated rings. The molecule has 1 rings (SSSR count). The Balaban J connectivity index is 3.24. The van der Waals surface area contributed by atoms with Gasteiger partial charge in [0.25, 0.3) is 0 Å². The highest BCUT2D eigenvalue weighted by Gasteiger charge is 2.18. The molecular weight excluding hydrogens is 224 g/mol. The highest BCUT2D eigenvalue weighted by molar-refractivity contribution is 6.34. The summed E-state index contributed by atoms with van der Waals surface area (Å²) in [5, 5.41) is -0.527. The Hall–Kier alpha value is -1.02. The van der Waals surface area contributed by atoms with Gasteiger partial charge >= 0.3 is 0 Å². The average Bonchev–Trinajstić information content (AvgIpc) is 2.22. The quantitative estimate of drug-likeness (QED) is 0.595. The first-order valence-electron chi connectivity index (χ1n) is 5.39. The zero-order valence-corrected chi connectivity index (χ0v) is 10.9. The maximum atomic E-state index is 11.9. The Labute approximate surface area is 102 Å². The maximum Gasteiger partial charge on any atom is 0.184 e. The number of hydrogen-bond donors (Lipinski definition) is 0. The molecule has 0 aromatic heterocycles. The summed E-state index contributed by atoms with van der Waals surface area (Å²) in [5.41, 5.74) is 2.76. The maximum absolute atomic E-state index is 11.9. The van der Waals surface area contributed by atoms with Crippen molar-refractivity contribution in [2.45, 2.75) is 33.1 Å². The van der Waals surface area contributed by atoms with Crippen LogP contribution in [0.2, 0.25) is 0 Å².